The molecule has 0 radical (unpaired) electrons. The predicted octanol–water partition coefficient (Wildman–Crippen LogP) is 2.46. The molecule has 0 aliphatic rings. The number of carbonyl (C=O) groups excluding carboxylic acids is 1. The van der Waals surface area contributed by atoms with E-state index >= 15 is 0 Å². The lowest BCUT2D eigenvalue weighted by atomic mass is 10.2. The predicted molar refractivity (Wildman–Crippen MR) is 73.9 cm³/mol. The van der Waals surface area contributed by atoms with E-state index in [1.54, 1.807) is 32.4 Å². The van der Waals surface area contributed by atoms with Crippen molar-refractivity contribution >= 4 is 11.7 Å². The van der Waals surface area contributed by atoms with E-state index in [1.807, 2.05) is 6.92 Å². The number of rotatable bonds is 8. The summed E-state index contributed by atoms with van der Waals surface area (Å²) in [5, 5.41) is 2.99. The molecule has 0 saturated carbocycles. The summed E-state index contributed by atoms with van der Waals surface area (Å²) in [5.74, 6) is 1.07. The van der Waals surface area contributed by atoms with Gasteiger partial charge in [-0.05, 0) is 18.6 Å². The molecule has 0 heterocycles. The number of hydrogen-bond donors (Lipinski definition) is 1. The number of nitrogens with one attached hydrogen (secondary N) is 1. The normalized spacial score (nSPS) is 9.84. The Morgan fingerprint density at radius 2 is 2.05 bits per heavy atom. The lowest BCUT2D eigenvalue weighted by Crippen LogP contribution is -2.17. The maximum absolute atomic E-state index is 11.5. The van der Waals surface area contributed by atoms with E-state index in [1.165, 1.54) is 0 Å². The standard InChI is InChI=1S/C14H21NO4/c1-4-5-8-19-14(16)10-15-12-9-11(17-2)6-7-13(12)18-3/h6-7,9,15H,4-5,8,10H2,1-3H3. The van der Waals surface area contributed by atoms with Crippen molar-refractivity contribution in [3.8, 4) is 11.5 Å². The topological polar surface area (TPSA) is 56.8 Å². The van der Waals surface area contributed by atoms with Crippen molar-refractivity contribution in [2.75, 3.05) is 32.7 Å². The molecule has 0 atom stereocenters. The summed E-state index contributed by atoms with van der Waals surface area (Å²) in [6.45, 7) is 2.62. The molecule has 0 bridgehead atoms. The van der Waals surface area contributed by atoms with Crippen molar-refractivity contribution in [3.63, 3.8) is 0 Å². The molecule has 106 valence electrons. The number of hydrogen-bond acceptors (Lipinski definition) is 5. The Morgan fingerprint density at radius 3 is 2.68 bits per heavy atom. The number of ether oxygens (including phenoxy) is 3. The van der Waals surface area contributed by atoms with Crippen LogP contribution in [0.2, 0.25) is 0 Å². The fourth-order valence-corrected chi connectivity index (χ4v) is 1.50. The average molecular weight is 267 g/mol. The second-order valence-electron chi connectivity index (χ2n) is 3.99. The molecule has 0 fully saturated rings. The minimum absolute atomic E-state index is 0.104. The molecule has 5 nitrogen and oxygen atoms in total. The minimum Gasteiger partial charge on any atom is -0.497 e. The maximum Gasteiger partial charge on any atom is 0.325 e. The van der Waals surface area contributed by atoms with Gasteiger partial charge in [-0.15, -0.1) is 0 Å². The smallest absolute Gasteiger partial charge is 0.325 e. The number of esters is 1. The summed E-state index contributed by atoms with van der Waals surface area (Å²) in [5.41, 5.74) is 0.703. The van der Waals surface area contributed by atoms with E-state index in [-0.39, 0.29) is 12.5 Å². The molecular weight excluding hydrogens is 246 g/mol. The quantitative estimate of drug-likeness (QED) is 0.579. The second-order valence-corrected chi connectivity index (χ2v) is 3.99. The van der Waals surface area contributed by atoms with Crippen molar-refractivity contribution in [2.45, 2.75) is 19.8 Å². The molecular formula is C14H21NO4. The van der Waals surface area contributed by atoms with Gasteiger partial charge in [0.2, 0.25) is 0 Å². The Balaban J connectivity index is 2.53. The lowest BCUT2D eigenvalue weighted by molar-refractivity contribution is -0.141. The summed E-state index contributed by atoms with van der Waals surface area (Å²) >= 11 is 0. The minimum atomic E-state index is -0.279. The van der Waals surface area contributed by atoms with Crippen molar-refractivity contribution in [2.24, 2.45) is 0 Å². The molecule has 0 aliphatic carbocycles. The fraction of sp³-hybridized carbons (Fsp3) is 0.500. The summed E-state index contributed by atoms with van der Waals surface area (Å²) in [7, 11) is 3.16. The maximum atomic E-state index is 11.5. The molecule has 5 heteroatoms. The van der Waals surface area contributed by atoms with Gasteiger partial charge in [0.1, 0.15) is 18.0 Å². The van der Waals surface area contributed by atoms with Crippen LogP contribution in [0.15, 0.2) is 18.2 Å². The molecule has 19 heavy (non-hydrogen) atoms. The highest BCUT2D eigenvalue weighted by Gasteiger charge is 2.07. The Hall–Kier alpha value is -1.91. The van der Waals surface area contributed by atoms with Gasteiger partial charge >= 0.3 is 5.97 Å². The van der Waals surface area contributed by atoms with Gasteiger partial charge in [0.25, 0.3) is 0 Å². The van der Waals surface area contributed by atoms with Crippen LogP contribution in [0.4, 0.5) is 5.69 Å². The van der Waals surface area contributed by atoms with Gasteiger partial charge in [-0.3, -0.25) is 4.79 Å². The van der Waals surface area contributed by atoms with Crippen LogP contribution in [0.3, 0.4) is 0 Å². The summed E-state index contributed by atoms with van der Waals surface area (Å²) in [6.07, 6.45) is 1.89. The van der Waals surface area contributed by atoms with Crippen LogP contribution in [0.1, 0.15) is 19.8 Å². The van der Waals surface area contributed by atoms with Gasteiger partial charge in [-0.2, -0.15) is 0 Å². The van der Waals surface area contributed by atoms with Crippen molar-refractivity contribution in [1.29, 1.82) is 0 Å². The molecule has 1 rings (SSSR count). The molecule has 0 saturated heterocycles. The third kappa shape index (κ3) is 5.07. The van der Waals surface area contributed by atoms with Gasteiger partial charge in [-0.1, -0.05) is 13.3 Å². The van der Waals surface area contributed by atoms with Gasteiger partial charge in [0.05, 0.1) is 26.5 Å². The Kier molecular flexibility index (Phi) is 6.57. The van der Waals surface area contributed by atoms with Gasteiger partial charge in [0, 0.05) is 6.07 Å². The largest absolute Gasteiger partial charge is 0.497 e. The van der Waals surface area contributed by atoms with Crippen LogP contribution in [-0.2, 0) is 9.53 Å². The molecule has 0 spiro atoms. The molecule has 1 aromatic rings. The van der Waals surface area contributed by atoms with Crippen LogP contribution in [0.25, 0.3) is 0 Å². The van der Waals surface area contributed by atoms with Gasteiger partial charge in [0.15, 0.2) is 0 Å². The molecule has 1 N–H and O–H groups in total. The Morgan fingerprint density at radius 1 is 1.26 bits per heavy atom. The third-order valence-corrected chi connectivity index (χ3v) is 2.59. The van der Waals surface area contributed by atoms with E-state index in [0.29, 0.717) is 23.8 Å². The van der Waals surface area contributed by atoms with Crippen LogP contribution >= 0.6 is 0 Å². The second kappa shape index (κ2) is 8.24. The number of unbranched alkanes of at least 4 members (excludes halogenated alkanes) is 1. The number of carbonyl (C=O) groups is 1. The van der Waals surface area contributed by atoms with Crippen LogP contribution < -0.4 is 14.8 Å². The molecule has 0 aromatic heterocycles. The SMILES string of the molecule is CCCCOC(=O)CNc1cc(OC)ccc1OC. The Bertz CT molecular complexity index is 406. The van der Waals surface area contributed by atoms with Crippen molar-refractivity contribution in [3.05, 3.63) is 18.2 Å². The molecule has 0 amide bonds. The average Bonchev–Trinajstić information content (AvgIpc) is 2.45. The van der Waals surface area contributed by atoms with E-state index in [0.717, 1.165) is 12.8 Å². The van der Waals surface area contributed by atoms with E-state index in [9.17, 15) is 4.79 Å². The number of benzene rings is 1. The van der Waals surface area contributed by atoms with Gasteiger partial charge < -0.3 is 19.5 Å². The lowest BCUT2D eigenvalue weighted by Gasteiger charge is -2.12. The van der Waals surface area contributed by atoms with Crippen molar-refractivity contribution in [1.82, 2.24) is 0 Å². The zero-order chi connectivity index (χ0) is 14.1. The Labute approximate surface area is 113 Å². The monoisotopic (exact) mass is 267 g/mol. The first kappa shape index (κ1) is 15.1. The first-order valence-corrected chi connectivity index (χ1v) is 6.32. The summed E-state index contributed by atoms with van der Waals surface area (Å²) in [4.78, 5) is 11.5. The number of anilines is 1. The fourth-order valence-electron chi connectivity index (χ4n) is 1.50. The highest BCUT2D eigenvalue weighted by Crippen LogP contribution is 2.28. The third-order valence-electron chi connectivity index (χ3n) is 2.59. The highest BCUT2D eigenvalue weighted by molar-refractivity contribution is 5.76. The first-order valence-electron chi connectivity index (χ1n) is 6.32. The first-order chi connectivity index (χ1) is 9.21. The van der Waals surface area contributed by atoms with Gasteiger partial charge in [-0.25, -0.2) is 0 Å². The van der Waals surface area contributed by atoms with Crippen LogP contribution in [0, 0.1) is 0 Å². The van der Waals surface area contributed by atoms with Crippen molar-refractivity contribution < 1.29 is 19.0 Å². The molecule has 1 aromatic carbocycles. The zero-order valence-electron chi connectivity index (χ0n) is 11.7. The molecule has 0 unspecified atom stereocenters. The molecule has 0 aliphatic heterocycles. The van der Waals surface area contributed by atoms with E-state index < -0.39 is 0 Å². The van der Waals surface area contributed by atoms with Crippen LogP contribution in [-0.4, -0.2) is 33.3 Å². The summed E-state index contributed by atoms with van der Waals surface area (Å²) < 4.78 is 15.4. The van der Waals surface area contributed by atoms with Crippen LogP contribution in [0.5, 0.6) is 11.5 Å². The number of methoxy groups -OCH3 is 2. The van der Waals surface area contributed by atoms with E-state index in [2.05, 4.69) is 5.32 Å². The van der Waals surface area contributed by atoms with E-state index in [4.69, 9.17) is 14.2 Å². The zero-order valence-corrected chi connectivity index (χ0v) is 11.7. The highest BCUT2D eigenvalue weighted by atomic mass is 16.5. The summed E-state index contributed by atoms with van der Waals surface area (Å²) in [6, 6.07) is 5.35.